The number of nitrogens with zero attached hydrogens (tertiary/aromatic N) is 1. The van der Waals surface area contributed by atoms with Crippen molar-refractivity contribution < 1.29 is 0 Å². The molecule has 0 saturated carbocycles. The molecule has 82 valence electrons. The summed E-state index contributed by atoms with van der Waals surface area (Å²) < 4.78 is 0. The molecule has 17 heavy (non-hydrogen) atoms. The van der Waals surface area contributed by atoms with Crippen molar-refractivity contribution in [3.05, 3.63) is 77.9 Å². The average Bonchev–Trinajstić information content (AvgIpc) is 3.18. The molecule has 1 heteroatoms. The maximum atomic E-state index is 4.47. The third-order valence-corrected chi connectivity index (χ3v) is 2.83. The van der Waals surface area contributed by atoms with Gasteiger partial charge in [-0.3, -0.25) is 4.99 Å². The van der Waals surface area contributed by atoms with Gasteiger partial charge in [-0.2, -0.15) is 0 Å². The zero-order valence-electron chi connectivity index (χ0n) is 9.45. The lowest BCUT2D eigenvalue weighted by Crippen LogP contribution is -1.94. The summed E-state index contributed by atoms with van der Waals surface area (Å²) in [7, 11) is 0. The van der Waals surface area contributed by atoms with E-state index in [4.69, 9.17) is 0 Å². The van der Waals surface area contributed by atoms with Gasteiger partial charge in [0, 0.05) is 0 Å². The van der Waals surface area contributed by atoms with Crippen LogP contribution in [0.3, 0.4) is 0 Å². The maximum absolute atomic E-state index is 4.47. The van der Waals surface area contributed by atoms with Crippen molar-refractivity contribution >= 4 is 11.8 Å². The SMILES string of the molecule is C(=C\C1N=C1c1ccccc1)/c1ccccc1. The van der Waals surface area contributed by atoms with E-state index in [0.717, 1.165) is 0 Å². The first-order valence-corrected chi connectivity index (χ1v) is 5.80. The first-order valence-electron chi connectivity index (χ1n) is 5.80. The fraction of sp³-hybridized carbons (Fsp3) is 0.0625. The first-order chi connectivity index (χ1) is 8.43. The molecule has 0 N–H and O–H groups in total. The van der Waals surface area contributed by atoms with Crippen LogP contribution in [-0.2, 0) is 0 Å². The van der Waals surface area contributed by atoms with Crippen LogP contribution in [0.15, 0.2) is 71.7 Å². The largest absolute Gasteiger partial charge is 0.273 e. The van der Waals surface area contributed by atoms with Crippen molar-refractivity contribution in [3.63, 3.8) is 0 Å². The molecular weight excluding hydrogens is 206 g/mol. The molecular formula is C16H13N. The molecule has 0 spiro atoms. The van der Waals surface area contributed by atoms with E-state index in [1.807, 2.05) is 36.4 Å². The molecule has 0 bridgehead atoms. The van der Waals surface area contributed by atoms with Crippen LogP contribution in [0.25, 0.3) is 6.08 Å². The van der Waals surface area contributed by atoms with Gasteiger partial charge in [0.15, 0.2) is 0 Å². The van der Waals surface area contributed by atoms with E-state index in [9.17, 15) is 0 Å². The molecule has 0 amide bonds. The van der Waals surface area contributed by atoms with Gasteiger partial charge in [0.2, 0.25) is 0 Å². The zero-order chi connectivity index (χ0) is 11.5. The predicted octanol–water partition coefficient (Wildman–Crippen LogP) is 3.57. The van der Waals surface area contributed by atoms with E-state index in [2.05, 4.69) is 41.4 Å². The molecule has 1 nitrogen and oxygen atoms in total. The molecule has 0 aliphatic carbocycles. The summed E-state index contributed by atoms with van der Waals surface area (Å²) in [5.74, 6) is 0. The smallest absolute Gasteiger partial charge is 0.111 e. The zero-order valence-corrected chi connectivity index (χ0v) is 9.45. The lowest BCUT2D eigenvalue weighted by Gasteiger charge is -1.92. The second-order valence-corrected chi connectivity index (χ2v) is 4.10. The minimum atomic E-state index is 0.276. The summed E-state index contributed by atoms with van der Waals surface area (Å²) in [6.45, 7) is 0. The van der Waals surface area contributed by atoms with Gasteiger partial charge in [-0.1, -0.05) is 72.8 Å². The van der Waals surface area contributed by atoms with Gasteiger partial charge in [-0.25, -0.2) is 0 Å². The monoisotopic (exact) mass is 219 g/mol. The Kier molecular flexibility index (Phi) is 2.59. The number of aliphatic imine (C=N–C) groups is 1. The molecule has 1 unspecified atom stereocenters. The lowest BCUT2D eigenvalue weighted by atomic mass is 10.1. The number of hydrogen-bond donors (Lipinski definition) is 0. The van der Waals surface area contributed by atoms with E-state index in [-0.39, 0.29) is 6.04 Å². The molecule has 1 aliphatic heterocycles. The van der Waals surface area contributed by atoms with Gasteiger partial charge < -0.3 is 0 Å². The normalized spacial score (nSPS) is 18.1. The number of rotatable bonds is 3. The van der Waals surface area contributed by atoms with E-state index >= 15 is 0 Å². The van der Waals surface area contributed by atoms with Crippen LogP contribution >= 0.6 is 0 Å². The van der Waals surface area contributed by atoms with Crippen LogP contribution in [-0.4, -0.2) is 11.8 Å². The highest BCUT2D eigenvalue weighted by Gasteiger charge is 2.25. The average molecular weight is 219 g/mol. The quantitative estimate of drug-likeness (QED) is 0.748. The summed E-state index contributed by atoms with van der Waals surface area (Å²) in [6, 6.07) is 20.9. The Labute approximate surface area is 101 Å². The fourth-order valence-corrected chi connectivity index (χ4v) is 1.87. The van der Waals surface area contributed by atoms with E-state index in [1.165, 1.54) is 16.8 Å². The lowest BCUT2D eigenvalue weighted by molar-refractivity contribution is 1.29. The number of benzene rings is 2. The highest BCUT2D eigenvalue weighted by molar-refractivity contribution is 6.15. The molecule has 1 heterocycles. The Morgan fingerprint density at radius 1 is 0.824 bits per heavy atom. The van der Waals surface area contributed by atoms with Gasteiger partial charge in [0.25, 0.3) is 0 Å². The van der Waals surface area contributed by atoms with Crippen LogP contribution in [0.1, 0.15) is 11.1 Å². The van der Waals surface area contributed by atoms with Crippen molar-refractivity contribution in [2.75, 3.05) is 0 Å². The van der Waals surface area contributed by atoms with E-state index < -0.39 is 0 Å². The Hall–Kier alpha value is -2.15. The Morgan fingerprint density at radius 3 is 2.18 bits per heavy atom. The van der Waals surface area contributed by atoms with Gasteiger partial charge in [-0.15, -0.1) is 0 Å². The minimum absolute atomic E-state index is 0.276. The highest BCUT2D eigenvalue weighted by Crippen LogP contribution is 2.21. The van der Waals surface area contributed by atoms with Crippen LogP contribution in [0.4, 0.5) is 0 Å². The molecule has 0 aromatic heterocycles. The third kappa shape index (κ3) is 2.34. The summed E-state index contributed by atoms with van der Waals surface area (Å²) in [5.41, 5.74) is 3.65. The van der Waals surface area contributed by atoms with E-state index in [1.54, 1.807) is 0 Å². The van der Waals surface area contributed by atoms with Crippen molar-refractivity contribution in [2.24, 2.45) is 4.99 Å². The highest BCUT2D eigenvalue weighted by atomic mass is 15.0. The minimum Gasteiger partial charge on any atom is -0.273 e. The van der Waals surface area contributed by atoms with Crippen LogP contribution in [0.5, 0.6) is 0 Å². The van der Waals surface area contributed by atoms with Crippen LogP contribution in [0, 0.1) is 0 Å². The Balaban J connectivity index is 1.66. The molecule has 0 radical (unpaired) electrons. The van der Waals surface area contributed by atoms with Gasteiger partial charge in [0.1, 0.15) is 6.04 Å². The third-order valence-electron chi connectivity index (χ3n) is 2.83. The standard InChI is InChI=1S/C16H13N/c1-3-7-13(8-4-1)11-12-15-16(17-15)14-9-5-2-6-10-14/h1-12,15H/b12-11+. The van der Waals surface area contributed by atoms with Gasteiger partial charge in [-0.05, 0) is 11.1 Å². The predicted molar refractivity (Wildman–Crippen MR) is 72.2 cm³/mol. The molecule has 0 saturated heterocycles. The Morgan fingerprint density at radius 2 is 1.47 bits per heavy atom. The maximum Gasteiger partial charge on any atom is 0.111 e. The van der Waals surface area contributed by atoms with Crippen molar-refractivity contribution in [1.82, 2.24) is 0 Å². The second-order valence-electron chi connectivity index (χ2n) is 4.10. The first kappa shape index (κ1) is 10.0. The summed E-state index contributed by atoms with van der Waals surface area (Å²) in [5, 5.41) is 0. The summed E-state index contributed by atoms with van der Waals surface area (Å²) in [4.78, 5) is 4.47. The van der Waals surface area contributed by atoms with E-state index in [0.29, 0.717) is 0 Å². The fourth-order valence-electron chi connectivity index (χ4n) is 1.87. The number of hydrogen-bond acceptors (Lipinski definition) is 1. The molecule has 2 aromatic rings. The van der Waals surface area contributed by atoms with Gasteiger partial charge in [0.05, 0.1) is 5.71 Å². The van der Waals surface area contributed by atoms with Crippen molar-refractivity contribution in [3.8, 4) is 0 Å². The molecule has 3 rings (SSSR count). The van der Waals surface area contributed by atoms with Gasteiger partial charge >= 0.3 is 0 Å². The van der Waals surface area contributed by atoms with Crippen LogP contribution in [0.2, 0.25) is 0 Å². The molecule has 1 atom stereocenters. The second kappa shape index (κ2) is 4.38. The summed E-state index contributed by atoms with van der Waals surface area (Å²) >= 11 is 0. The van der Waals surface area contributed by atoms with Crippen molar-refractivity contribution in [2.45, 2.75) is 6.04 Å². The van der Waals surface area contributed by atoms with Crippen LogP contribution < -0.4 is 0 Å². The topological polar surface area (TPSA) is 12.4 Å². The van der Waals surface area contributed by atoms with Crippen molar-refractivity contribution in [1.29, 1.82) is 0 Å². The molecule has 2 aromatic carbocycles. The molecule has 0 fully saturated rings. The molecule has 1 aliphatic rings. The summed E-state index contributed by atoms with van der Waals surface area (Å²) in [6.07, 6.45) is 4.28. The Bertz CT molecular complexity index is 553.